The Bertz CT molecular complexity index is 427. The second-order valence-electron chi connectivity index (χ2n) is 3.84. The van der Waals surface area contributed by atoms with Gasteiger partial charge in [-0.25, -0.2) is 13.1 Å². The molecule has 7 heteroatoms. The summed E-state index contributed by atoms with van der Waals surface area (Å²) < 4.78 is 27.4. The molecule has 6 nitrogen and oxygen atoms in total. The summed E-state index contributed by atoms with van der Waals surface area (Å²) in [7, 11) is -1.42. The Labute approximate surface area is 102 Å². The van der Waals surface area contributed by atoms with Gasteiger partial charge in [0, 0.05) is 19.8 Å². The van der Waals surface area contributed by atoms with Crippen molar-refractivity contribution in [3.05, 3.63) is 18.0 Å². The van der Waals surface area contributed by atoms with E-state index >= 15 is 0 Å². The first kappa shape index (κ1) is 14.1. The van der Waals surface area contributed by atoms with Crippen LogP contribution in [0.1, 0.15) is 19.0 Å². The minimum atomic E-state index is -3.21. The second kappa shape index (κ2) is 6.73. The first-order chi connectivity index (χ1) is 8.05. The molecule has 0 radical (unpaired) electrons. The van der Waals surface area contributed by atoms with E-state index in [1.807, 2.05) is 6.92 Å². The molecule has 98 valence electrons. The zero-order valence-corrected chi connectivity index (χ0v) is 11.1. The van der Waals surface area contributed by atoms with Gasteiger partial charge < -0.3 is 5.32 Å². The largest absolute Gasteiger partial charge is 0.316 e. The monoisotopic (exact) mass is 260 g/mol. The molecule has 0 bridgehead atoms. The summed E-state index contributed by atoms with van der Waals surface area (Å²) >= 11 is 0. The fourth-order valence-electron chi connectivity index (χ4n) is 1.34. The molecular weight excluding hydrogens is 240 g/mol. The van der Waals surface area contributed by atoms with Crippen LogP contribution >= 0.6 is 0 Å². The molecule has 0 aliphatic rings. The summed E-state index contributed by atoms with van der Waals surface area (Å²) in [4.78, 5) is 0. The highest BCUT2D eigenvalue weighted by atomic mass is 32.2. The Kier molecular flexibility index (Phi) is 5.60. The quantitative estimate of drug-likeness (QED) is 0.637. The van der Waals surface area contributed by atoms with E-state index < -0.39 is 10.0 Å². The van der Waals surface area contributed by atoms with E-state index in [9.17, 15) is 8.42 Å². The van der Waals surface area contributed by atoms with E-state index in [0.29, 0.717) is 6.54 Å². The highest BCUT2D eigenvalue weighted by Crippen LogP contribution is 1.96. The summed E-state index contributed by atoms with van der Waals surface area (Å²) in [6, 6.07) is 1.79. The summed E-state index contributed by atoms with van der Waals surface area (Å²) in [5.74, 6) is 0.102. The number of hydrogen-bond acceptors (Lipinski definition) is 4. The molecular formula is C10H20N4O2S. The number of hydrogen-bond donors (Lipinski definition) is 2. The molecule has 0 unspecified atom stereocenters. The lowest BCUT2D eigenvalue weighted by Crippen LogP contribution is -2.32. The molecule has 0 saturated heterocycles. The van der Waals surface area contributed by atoms with Crippen molar-refractivity contribution >= 4 is 10.0 Å². The Morgan fingerprint density at radius 3 is 2.76 bits per heavy atom. The maximum Gasteiger partial charge on any atom is 0.213 e. The van der Waals surface area contributed by atoms with E-state index in [-0.39, 0.29) is 12.3 Å². The van der Waals surface area contributed by atoms with Crippen molar-refractivity contribution < 1.29 is 8.42 Å². The maximum absolute atomic E-state index is 11.6. The number of nitrogens with one attached hydrogen (secondary N) is 2. The standard InChI is InChI=1S/C10H20N4O2S/c1-3-5-11-7-8-17(15,16)13-9-10-4-6-12-14(10)2/h4,6,11,13H,3,5,7-9H2,1-2H3. The van der Waals surface area contributed by atoms with Crippen LogP contribution in [0.5, 0.6) is 0 Å². The van der Waals surface area contributed by atoms with Gasteiger partial charge in [0.15, 0.2) is 0 Å². The van der Waals surface area contributed by atoms with E-state index in [1.54, 1.807) is 24.0 Å². The minimum Gasteiger partial charge on any atom is -0.316 e. The molecule has 0 aromatic carbocycles. The SMILES string of the molecule is CCCNCCS(=O)(=O)NCc1ccnn1C. The lowest BCUT2D eigenvalue weighted by atomic mass is 10.4. The lowest BCUT2D eigenvalue weighted by molar-refractivity contribution is 0.572. The molecule has 1 heterocycles. The third kappa shape index (κ3) is 5.29. The normalized spacial score (nSPS) is 11.9. The highest BCUT2D eigenvalue weighted by Gasteiger charge is 2.10. The number of sulfonamides is 1. The zero-order chi connectivity index (χ0) is 12.7. The first-order valence-corrected chi connectivity index (χ1v) is 7.35. The highest BCUT2D eigenvalue weighted by molar-refractivity contribution is 7.89. The molecule has 1 aromatic rings. The Balaban J connectivity index is 2.32. The third-order valence-electron chi connectivity index (χ3n) is 2.37. The van der Waals surface area contributed by atoms with Crippen molar-refractivity contribution in [2.75, 3.05) is 18.8 Å². The Morgan fingerprint density at radius 1 is 1.41 bits per heavy atom. The van der Waals surface area contributed by atoms with E-state index in [0.717, 1.165) is 18.7 Å². The van der Waals surface area contributed by atoms with Crippen LogP contribution in [0, 0.1) is 0 Å². The van der Waals surface area contributed by atoms with Crippen molar-refractivity contribution in [3.63, 3.8) is 0 Å². The molecule has 1 rings (SSSR count). The van der Waals surface area contributed by atoms with Gasteiger partial charge in [0.05, 0.1) is 18.0 Å². The predicted octanol–water partition coefficient (Wildman–Crippen LogP) is -0.161. The van der Waals surface area contributed by atoms with Gasteiger partial charge in [0.25, 0.3) is 0 Å². The van der Waals surface area contributed by atoms with E-state index in [1.165, 1.54) is 0 Å². The average Bonchev–Trinajstić information content (AvgIpc) is 2.68. The number of aryl methyl sites for hydroxylation is 1. The molecule has 17 heavy (non-hydrogen) atoms. The molecule has 0 fully saturated rings. The van der Waals surface area contributed by atoms with Crippen LogP contribution in [0.25, 0.3) is 0 Å². The van der Waals surface area contributed by atoms with Crippen LogP contribution in [0.2, 0.25) is 0 Å². The number of aromatic nitrogens is 2. The molecule has 0 amide bonds. The Hall–Kier alpha value is -0.920. The van der Waals surface area contributed by atoms with Gasteiger partial charge in [0.2, 0.25) is 10.0 Å². The summed E-state index contributed by atoms with van der Waals surface area (Å²) in [5.41, 5.74) is 0.843. The lowest BCUT2D eigenvalue weighted by Gasteiger charge is -2.07. The van der Waals surface area contributed by atoms with Gasteiger partial charge in [-0.05, 0) is 19.0 Å². The summed E-state index contributed by atoms with van der Waals surface area (Å²) in [5, 5.41) is 7.03. The van der Waals surface area contributed by atoms with Crippen LogP contribution < -0.4 is 10.0 Å². The van der Waals surface area contributed by atoms with Crippen molar-refractivity contribution in [2.24, 2.45) is 7.05 Å². The fourth-order valence-corrected chi connectivity index (χ4v) is 2.26. The van der Waals surface area contributed by atoms with Crippen molar-refractivity contribution in [3.8, 4) is 0 Å². The van der Waals surface area contributed by atoms with Gasteiger partial charge in [-0.1, -0.05) is 6.92 Å². The average molecular weight is 260 g/mol. The second-order valence-corrected chi connectivity index (χ2v) is 5.76. The molecule has 0 aliphatic carbocycles. The molecule has 2 N–H and O–H groups in total. The number of nitrogens with zero attached hydrogens (tertiary/aromatic N) is 2. The maximum atomic E-state index is 11.6. The van der Waals surface area contributed by atoms with Gasteiger partial charge in [-0.3, -0.25) is 4.68 Å². The summed E-state index contributed by atoms with van der Waals surface area (Å²) in [6.45, 7) is 3.65. The topological polar surface area (TPSA) is 76.0 Å². The molecule has 0 spiro atoms. The van der Waals surface area contributed by atoms with Crippen LogP contribution in [0.4, 0.5) is 0 Å². The van der Waals surface area contributed by atoms with Crippen LogP contribution in [0.15, 0.2) is 12.3 Å². The fraction of sp³-hybridized carbons (Fsp3) is 0.700. The van der Waals surface area contributed by atoms with Crippen LogP contribution in [-0.2, 0) is 23.6 Å². The van der Waals surface area contributed by atoms with Crippen molar-refractivity contribution in [2.45, 2.75) is 19.9 Å². The van der Waals surface area contributed by atoms with Crippen LogP contribution in [-0.4, -0.2) is 37.0 Å². The molecule has 0 saturated carbocycles. The molecule has 0 atom stereocenters. The zero-order valence-electron chi connectivity index (χ0n) is 10.3. The first-order valence-electron chi connectivity index (χ1n) is 5.70. The Morgan fingerprint density at radius 2 is 2.18 bits per heavy atom. The summed E-state index contributed by atoms with van der Waals surface area (Å²) in [6.07, 6.45) is 2.65. The predicted molar refractivity (Wildman–Crippen MR) is 67.0 cm³/mol. The van der Waals surface area contributed by atoms with Gasteiger partial charge in [0.1, 0.15) is 0 Å². The minimum absolute atomic E-state index is 0.102. The van der Waals surface area contributed by atoms with E-state index in [2.05, 4.69) is 15.1 Å². The smallest absolute Gasteiger partial charge is 0.213 e. The van der Waals surface area contributed by atoms with Crippen molar-refractivity contribution in [1.29, 1.82) is 0 Å². The van der Waals surface area contributed by atoms with E-state index in [4.69, 9.17) is 0 Å². The van der Waals surface area contributed by atoms with Gasteiger partial charge in [-0.15, -0.1) is 0 Å². The molecule has 0 aliphatic heterocycles. The van der Waals surface area contributed by atoms with Gasteiger partial charge >= 0.3 is 0 Å². The molecule has 1 aromatic heterocycles. The third-order valence-corrected chi connectivity index (χ3v) is 3.70. The van der Waals surface area contributed by atoms with Crippen LogP contribution in [0.3, 0.4) is 0 Å². The van der Waals surface area contributed by atoms with Crippen molar-refractivity contribution in [1.82, 2.24) is 19.8 Å². The van der Waals surface area contributed by atoms with Gasteiger partial charge in [-0.2, -0.15) is 5.10 Å². The number of rotatable bonds is 8.